The van der Waals surface area contributed by atoms with Crippen molar-refractivity contribution in [1.82, 2.24) is 10.2 Å². The molecule has 7 heteroatoms. The van der Waals surface area contributed by atoms with Crippen LogP contribution in [-0.4, -0.2) is 48.2 Å². The highest BCUT2D eigenvalue weighted by atomic mass is 16.2. The van der Waals surface area contributed by atoms with Gasteiger partial charge in [0.1, 0.15) is 12.6 Å². The molecule has 0 saturated carbocycles. The maximum atomic E-state index is 13.0. The Morgan fingerprint density at radius 2 is 1.59 bits per heavy atom. The first kappa shape index (κ1) is 17.0. The predicted octanol–water partition coefficient (Wildman–Crippen LogP) is 0.986. The molecule has 0 bridgehead atoms. The summed E-state index contributed by atoms with van der Waals surface area (Å²) in [5, 5.41) is 2.57. The zero-order valence-corrected chi connectivity index (χ0v) is 14.6. The number of hydrogen-bond donors (Lipinski definition) is 1. The van der Waals surface area contributed by atoms with E-state index in [1.165, 1.54) is 11.9 Å². The molecule has 0 spiro atoms. The first-order valence-corrected chi connectivity index (χ1v) is 8.59. The van der Waals surface area contributed by atoms with Crippen LogP contribution < -0.4 is 10.2 Å². The number of carbonyl (C=O) groups is 4. The van der Waals surface area contributed by atoms with Crippen LogP contribution in [0, 0.1) is 0 Å². The molecule has 0 aromatic heterocycles. The summed E-state index contributed by atoms with van der Waals surface area (Å²) < 4.78 is 0. The molecule has 0 aliphatic carbocycles. The Kier molecular flexibility index (Phi) is 3.99. The van der Waals surface area contributed by atoms with Crippen LogP contribution in [0.4, 0.5) is 5.69 Å². The van der Waals surface area contributed by atoms with Gasteiger partial charge in [-0.25, -0.2) is 0 Å². The van der Waals surface area contributed by atoms with Crippen LogP contribution >= 0.6 is 0 Å². The summed E-state index contributed by atoms with van der Waals surface area (Å²) >= 11 is 0. The van der Waals surface area contributed by atoms with Crippen LogP contribution in [0.15, 0.2) is 48.5 Å². The lowest BCUT2D eigenvalue weighted by atomic mass is 10.1. The molecule has 0 saturated heterocycles. The third kappa shape index (κ3) is 2.59. The van der Waals surface area contributed by atoms with Crippen molar-refractivity contribution in [3.05, 3.63) is 65.2 Å². The van der Waals surface area contributed by atoms with Crippen molar-refractivity contribution in [3.63, 3.8) is 0 Å². The largest absolute Gasteiger partial charge is 0.357 e. The number of hydrogen-bond acceptors (Lipinski definition) is 4. The van der Waals surface area contributed by atoms with E-state index >= 15 is 0 Å². The minimum absolute atomic E-state index is 0.290. The van der Waals surface area contributed by atoms with Gasteiger partial charge in [0.25, 0.3) is 11.8 Å². The molecule has 2 aliphatic rings. The van der Waals surface area contributed by atoms with Crippen LogP contribution in [0.25, 0.3) is 0 Å². The lowest BCUT2D eigenvalue weighted by Gasteiger charge is -2.26. The molecule has 1 atom stereocenters. The molecule has 1 N–H and O–H groups in total. The SMILES string of the molecule is CNC(=O)C1Cc2ccccc2N1C(=O)CN1C(=O)c2ccccc2C1=O. The maximum Gasteiger partial charge on any atom is 0.262 e. The predicted molar refractivity (Wildman–Crippen MR) is 97.3 cm³/mol. The molecule has 1 unspecified atom stereocenters. The Morgan fingerprint density at radius 3 is 2.22 bits per heavy atom. The Balaban J connectivity index is 1.63. The van der Waals surface area contributed by atoms with Gasteiger partial charge in [-0.3, -0.25) is 29.0 Å². The monoisotopic (exact) mass is 363 g/mol. The van der Waals surface area contributed by atoms with E-state index in [-0.39, 0.29) is 5.91 Å². The van der Waals surface area contributed by atoms with E-state index in [2.05, 4.69) is 5.32 Å². The van der Waals surface area contributed by atoms with Crippen molar-refractivity contribution in [2.45, 2.75) is 12.5 Å². The fourth-order valence-corrected chi connectivity index (χ4v) is 3.66. The number of benzene rings is 2. The third-order valence-corrected chi connectivity index (χ3v) is 4.97. The van der Waals surface area contributed by atoms with Gasteiger partial charge in [0.05, 0.1) is 11.1 Å². The lowest BCUT2D eigenvalue weighted by Crippen LogP contribution is -2.51. The summed E-state index contributed by atoms with van der Waals surface area (Å²) in [4.78, 5) is 52.7. The van der Waals surface area contributed by atoms with E-state index in [0.717, 1.165) is 10.5 Å². The molecule has 7 nitrogen and oxygen atoms in total. The van der Waals surface area contributed by atoms with Gasteiger partial charge in [0.2, 0.25) is 11.8 Å². The number of nitrogens with one attached hydrogen (secondary N) is 1. The number of para-hydroxylation sites is 1. The molecule has 4 rings (SSSR count). The van der Waals surface area contributed by atoms with Gasteiger partial charge in [0.15, 0.2) is 0 Å². The number of amides is 4. The number of fused-ring (bicyclic) bond motifs is 2. The minimum atomic E-state index is -0.699. The van der Waals surface area contributed by atoms with Crippen molar-refractivity contribution in [2.75, 3.05) is 18.5 Å². The zero-order chi connectivity index (χ0) is 19.1. The number of rotatable bonds is 3. The number of carbonyl (C=O) groups excluding carboxylic acids is 4. The van der Waals surface area contributed by atoms with E-state index in [4.69, 9.17) is 0 Å². The summed E-state index contributed by atoms with van der Waals surface area (Å²) in [6.07, 6.45) is 0.393. The van der Waals surface area contributed by atoms with Gasteiger partial charge < -0.3 is 5.32 Å². The van der Waals surface area contributed by atoms with Crippen LogP contribution in [-0.2, 0) is 16.0 Å². The Morgan fingerprint density at radius 1 is 1.00 bits per heavy atom. The molecular weight excluding hydrogens is 346 g/mol. The maximum absolute atomic E-state index is 13.0. The fraction of sp³-hybridized carbons (Fsp3) is 0.200. The van der Waals surface area contributed by atoms with Gasteiger partial charge in [-0.05, 0) is 23.8 Å². The molecule has 27 heavy (non-hydrogen) atoms. The summed E-state index contributed by atoms with van der Waals surface area (Å²) in [5.41, 5.74) is 2.09. The molecule has 2 aromatic carbocycles. The van der Waals surface area contributed by atoms with Gasteiger partial charge in [0, 0.05) is 19.2 Å². The normalized spacial score (nSPS) is 17.7. The smallest absolute Gasteiger partial charge is 0.262 e. The van der Waals surface area contributed by atoms with E-state index in [1.807, 2.05) is 12.1 Å². The van der Waals surface area contributed by atoms with Crippen molar-refractivity contribution in [1.29, 1.82) is 0 Å². The Labute approximate surface area is 155 Å². The average Bonchev–Trinajstić information content (AvgIpc) is 3.19. The van der Waals surface area contributed by atoms with Crippen LogP contribution in [0.5, 0.6) is 0 Å². The second kappa shape index (κ2) is 6.35. The fourth-order valence-electron chi connectivity index (χ4n) is 3.66. The summed E-state index contributed by atoms with van der Waals surface area (Å²) in [5.74, 6) is -1.74. The zero-order valence-electron chi connectivity index (χ0n) is 14.6. The molecule has 2 aromatic rings. The number of anilines is 1. The summed E-state index contributed by atoms with van der Waals surface area (Å²) in [6, 6.07) is 13.0. The van der Waals surface area contributed by atoms with Crippen molar-refractivity contribution in [2.24, 2.45) is 0 Å². The second-order valence-corrected chi connectivity index (χ2v) is 6.47. The van der Waals surface area contributed by atoms with Crippen molar-refractivity contribution in [3.8, 4) is 0 Å². The second-order valence-electron chi connectivity index (χ2n) is 6.47. The average molecular weight is 363 g/mol. The summed E-state index contributed by atoms with van der Waals surface area (Å²) in [6.45, 7) is -0.409. The lowest BCUT2D eigenvalue weighted by molar-refractivity contribution is -0.125. The minimum Gasteiger partial charge on any atom is -0.357 e. The van der Waals surface area contributed by atoms with E-state index in [0.29, 0.717) is 23.2 Å². The highest BCUT2D eigenvalue weighted by Crippen LogP contribution is 2.33. The molecule has 2 aliphatic heterocycles. The quantitative estimate of drug-likeness (QED) is 0.824. The van der Waals surface area contributed by atoms with Crippen LogP contribution in [0.1, 0.15) is 26.3 Å². The van der Waals surface area contributed by atoms with Gasteiger partial charge in [-0.1, -0.05) is 30.3 Å². The van der Waals surface area contributed by atoms with E-state index in [1.54, 1.807) is 36.4 Å². The molecule has 0 radical (unpaired) electrons. The molecule has 0 fully saturated rings. The van der Waals surface area contributed by atoms with Gasteiger partial charge in [-0.15, -0.1) is 0 Å². The van der Waals surface area contributed by atoms with Gasteiger partial charge in [-0.2, -0.15) is 0 Å². The highest BCUT2D eigenvalue weighted by Gasteiger charge is 2.41. The molecule has 136 valence electrons. The standard InChI is InChI=1S/C20H17N3O4/c1-21-18(25)16-10-12-6-2-5-9-15(12)23(16)17(24)11-22-19(26)13-7-3-4-8-14(13)20(22)27/h2-9,16H,10-11H2,1H3,(H,21,25). The van der Waals surface area contributed by atoms with Crippen LogP contribution in [0.2, 0.25) is 0 Å². The molecular formula is C20H17N3O4. The number of imide groups is 1. The first-order chi connectivity index (χ1) is 13.0. The van der Waals surface area contributed by atoms with Gasteiger partial charge >= 0.3 is 0 Å². The summed E-state index contributed by atoms with van der Waals surface area (Å²) in [7, 11) is 1.51. The van der Waals surface area contributed by atoms with Crippen molar-refractivity contribution < 1.29 is 19.2 Å². The molecule has 4 amide bonds. The third-order valence-electron chi connectivity index (χ3n) is 4.97. The van der Waals surface area contributed by atoms with Crippen molar-refractivity contribution >= 4 is 29.3 Å². The Bertz CT molecular complexity index is 950. The van der Waals surface area contributed by atoms with Crippen LogP contribution in [0.3, 0.4) is 0 Å². The van der Waals surface area contributed by atoms with E-state index in [9.17, 15) is 19.2 Å². The molecule has 2 heterocycles. The topological polar surface area (TPSA) is 86.8 Å². The highest BCUT2D eigenvalue weighted by molar-refractivity contribution is 6.23. The first-order valence-electron chi connectivity index (χ1n) is 8.59. The Hall–Kier alpha value is -3.48. The number of likely N-dealkylation sites (N-methyl/N-ethyl adjacent to an activating group) is 1. The van der Waals surface area contributed by atoms with E-state index < -0.39 is 30.3 Å². The number of nitrogens with zero attached hydrogens (tertiary/aromatic N) is 2.